The highest BCUT2D eigenvalue weighted by molar-refractivity contribution is 5.98. The number of halogens is 1. The number of fused-ring (bicyclic) bond motifs is 2. The zero-order valence-corrected chi connectivity index (χ0v) is 15.2. The molecule has 2 saturated heterocycles. The lowest BCUT2D eigenvalue weighted by Crippen LogP contribution is -2.68. The molecule has 0 bridgehead atoms. The largest absolute Gasteiger partial charge is 0.348 e. The Kier molecular flexibility index (Phi) is 4.01. The highest BCUT2D eigenvalue weighted by Gasteiger charge is 2.50. The van der Waals surface area contributed by atoms with Crippen LogP contribution in [0, 0.1) is 5.82 Å². The SMILES string of the molecule is CC(=O)N1CCC[C@@]2(C)[C@@H]1CCCN2C(=O)c1cc2cccc(F)c2[nH]1. The lowest BCUT2D eigenvalue weighted by atomic mass is 9.76. The zero-order chi connectivity index (χ0) is 18.5. The van der Waals surface area contributed by atoms with Crippen LogP contribution in [-0.2, 0) is 4.79 Å². The molecule has 1 aromatic heterocycles. The van der Waals surface area contributed by atoms with Gasteiger partial charge in [0.1, 0.15) is 11.5 Å². The van der Waals surface area contributed by atoms with Crippen molar-refractivity contribution in [2.24, 2.45) is 0 Å². The Bertz CT molecular complexity index is 877. The Balaban J connectivity index is 1.70. The quantitative estimate of drug-likeness (QED) is 0.851. The molecule has 6 heteroatoms. The maximum Gasteiger partial charge on any atom is 0.270 e. The molecule has 138 valence electrons. The van der Waals surface area contributed by atoms with Crippen LogP contribution in [0.3, 0.4) is 0 Å². The minimum atomic E-state index is -0.380. The molecule has 2 amide bonds. The van der Waals surface area contributed by atoms with E-state index >= 15 is 0 Å². The van der Waals surface area contributed by atoms with E-state index in [0.29, 0.717) is 23.1 Å². The predicted octanol–water partition coefficient (Wildman–Crippen LogP) is 3.31. The van der Waals surface area contributed by atoms with Crippen molar-refractivity contribution in [3.8, 4) is 0 Å². The second-order valence-corrected chi connectivity index (χ2v) is 7.68. The molecule has 0 radical (unpaired) electrons. The number of amides is 2. The minimum absolute atomic E-state index is 0.0487. The van der Waals surface area contributed by atoms with Crippen LogP contribution in [0.25, 0.3) is 10.9 Å². The summed E-state index contributed by atoms with van der Waals surface area (Å²) in [5, 5.41) is 0.695. The van der Waals surface area contributed by atoms with Gasteiger partial charge in [-0.1, -0.05) is 12.1 Å². The number of H-pyrrole nitrogens is 1. The molecule has 2 fully saturated rings. The molecular weight excluding hydrogens is 333 g/mol. The third kappa shape index (κ3) is 2.50. The maximum absolute atomic E-state index is 14.0. The van der Waals surface area contributed by atoms with Crippen molar-refractivity contribution in [3.63, 3.8) is 0 Å². The van der Waals surface area contributed by atoms with Crippen molar-refractivity contribution in [2.45, 2.75) is 51.1 Å². The van der Waals surface area contributed by atoms with Crippen LogP contribution in [0.5, 0.6) is 0 Å². The molecule has 2 aromatic rings. The number of aromatic nitrogens is 1. The molecule has 5 nitrogen and oxygen atoms in total. The first kappa shape index (κ1) is 17.1. The van der Waals surface area contributed by atoms with Gasteiger partial charge in [0.15, 0.2) is 0 Å². The summed E-state index contributed by atoms with van der Waals surface area (Å²) in [5.74, 6) is -0.397. The summed E-state index contributed by atoms with van der Waals surface area (Å²) in [7, 11) is 0. The van der Waals surface area contributed by atoms with Crippen LogP contribution < -0.4 is 0 Å². The lowest BCUT2D eigenvalue weighted by Gasteiger charge is -2.56. The fourth-order valence-electron chi connectivity index (χ4n) is 4.84. The summed E-state index contributed by atoms with van der Waals surface area (Å²) in [5.41, 5.74) is 0.394. The molecule has 0 unspecified atom stereocenters. The summed E-state index contributed by atoms with van der Waals surface area (Å²) in [4.78, 5) is 32.1. The highest BCUT2D eigenvalue weighted by atomic mass is 19.1. The first-order valence-corrected chi connectivity index (χ1v) is 9.28. The predicted molar refractivity (Wildman–Crippen MR) is 97.3 cm³/mol. The number of carbonyl (C=O) groups is 2. The van der Waals surface area contributed by atoms with E-state index < -0.39 is 0 Å². The van der Waals surface area contributed by atoms with Crippen LogP contribution >= 0.6 is 0 Å². The van der Waals surface area contributed by atoms with Gasteiger partial charge in [0.2, 0.25) is 5.91 Å². The number of piperidine rings is 2. The third-order valence-electron chi connectivity index (χ3n) is 6.14. The van der Waals surface area contributed by atoms with Gasteiger partial charge < -0.3 is 14.8 Å². The fourth-order valence-corrected chi connectivity index (χ4v) is 4.84. The van der Waals surface area contributed by atoms with E-state index in [4.69, 9.17) is 0 Å². The number of aromatic amines is 1. The Hall–Kier alpha value is -2.37. The maximum atomic E-state index is 14.0. The number of hydrogen-bond donors (Lipinski definition) is 1. The van der Waals surface area contributed by atoms with Crippen molar-refractivity contribution in [3.05, 3.63) is 35.8 Å². The molecule has 26 heavy (non-hydrogen) atoms. The highest BCUT2D eigenvalue weighted by Crippen LogP contribution is 2.40. The van der Waals surface area contributed by atoms with Crippen LogP contribution in [0.15, 0.2) is 24.3 Å². The fraction of sp³-hybridized carbons (Fsp3) is 0.500. The summed E-state index contributed by atoms with van der Waals surface area (Å²) in [6.07, 6.45) is 3.55. The molecule has 0 saturated carbocycles. The van der Waals surface area contributed by atoms with Gasteiger partial charge in [-0.05, 0) is 44.7 Å². The van der Waals surface area contributed by atoms with Gasteiger partial charge in [-0.15, -0.1) is 0 Å². The molecule has 2 atom stereocenters. The first-order valence-electron chi connectivity index (χ1n) is 9.28. The smallest absolute Gasteiger partial charge is 0.270 e. The van der Waals surface area contributed by atoms with Crippen molar-refractivity contribution in [1.29, 1.82) is 0 Å². The second kappa shape index (κ2) is 6.11. The van der Waals surface area contributed by atoms with E-state index in [9.17, 15) is 14.0 Å². The molecule has 3 heterocycles. The topological polar surface area (TPSA) is 56.4 Å². The summed E-state index contributed by atoms with van der Waals surface area (Å²) >= 11 is 0. The Morgan fingerprint density at radius 3 is 2.81 bits per heavy atom. The van der Waals surface area contributed by atoms with Crippen molar-refractivity contribution in [2.75, 3.05) is 13.1 Å². The monoisotopic (exact) mass is 357 g/mol. The Labute approximate surface area is 152 Å². The molecule has 1 N–H and O–H groups in total. The van der Waals surface area contributed by atoms with Gasteiger partial charge in [0, 0.05) is 25.4 Å². The molecule has 1 aromatic carbocycles. The summed E-state index contributed by atoms with van der Waals surface area (Å²) in [6, 6.07) is 6.60. The van der Waals surface area contributed by atoms with Gasteiger partial charge in [-0.25, -0.2) is 4.39 Å². The van der Waals surface area contributed by atoms with E-state index in [1.807, 2.05) is 9.80 Å². The van der Waals surface area contributed by atoms with Gasteiger partial charge in [0.25, 0.3) is 5.91 Å². The number of benzene rings is 1. The molecule has 0 aliphatic carbocycles. The molecule has 2 aliphatic heterocycles. The second-order valence-electron chi connectivity index (χ2n) is 7.68. The number of para-hydroxylation sites is 1. The van der Waals surface area contributed by atoms with Crippen molar-refractivity contribution in [1.82, 2.24) is 14.8 Å². The zero-order valence-electron chi connectivity index (χ0n) is 15.2. The van der Waals surface area contributed by atoms with Gasteiger partial charge in [-0.2, -0.15) is 0 Å². The van der Waals surface area contributed by atoms with Gasteiger partial charge >= 0.3 is 0 Å². The number of nitrogens with one attached hydrogen (secondary N) is 1. The van der Waals surface area contributed by atoms with Crippen molar-refractivity contribution >= 4 is 22.7 Å². The van der Waals surface area contributed by atoms with E-state index in [1.54, 1.807) is 25.1 Å². The molecule has 2 aliphatic rings. The van der Waals surface area contributed by atoms with Crippen LogP contribution in [0.4, 0.5) is 4.39 Å². The average molecular weight is 357 g/mol. The first-order chi connectivity index (χ1) is 12.4. The molecule has 0 spiro atoms. The molecular formula is C20H24FN3O2. The van der Waals surface area contributed by atoms with Crippen LogP contribution in [0.2, 0.25) is 0 Å². The van der Waals surface area contributed by atoms with E-state index in [0.717, 1.165) is 32.2 Å². The van der Waals surface area contributed by atoms with Crippen molar-refractivity contribution < 1.29 is 14.0 Å². The van der Waals surface area contributed by atoms with E-state index in [2.05, 4.69) is 11.9 Å². The average Bonchev–Trinajstić information content (AvgIpc) is 3.05. The minimum Gasteiger partial charge on any atom is -0.348 e. The van der Waals surface area contributed by atoms with E-state index in [1.165, 1.54) is 6.07 Å². The number of carbonyl (C=O) groups excluding carboxylic acids is 2. The Morgan fingerprint density at radius 1 is 1.27 bits per heavy atom. The lowest BCUT2D eigenvalue weighted by molar-refractivity contribution is -0.140. The number of likely N-dealkylation sites (tertiary alicyclic amines) is 2. The number of hydrogen-bond acceptors (Lipinski definition) is 2. The number of rotatable bonds is 1. The van der Waals surface area contributed by atoms with Crippen LogP contribution in [0.1, 0.15) is 50.0 Å². The van der Waals surface area contributed by atoms with E-state index in [-0.39, 0.29) is 29.2 Å². The van der Waals surface area contributed by atoms with Crippen LogP contribution in [-0.4, -0.2) is 51.3 Å². The third-order valence-corrected chi connectivity index (χ3v) is 6.14. The number of nitrogens with zero attached hydrogens (tertiary/aromatic N) is 2. The summed E-state index contributed by atoms with van der Waals surface area (Å²) in [6.45, 7) is 5.12. The molecule has 4 rings (SSSR count). The Morgan fingerprint density at radius 2 is 2.08 bits per heavy atom. The van der Waals surface area contributed by atoms with Gasteiger partial charge in [0.05, 0.1) is 17.1 Å². The normalized spacial score (nSPS) is 26.0. The van der Waals surface area contributed by atoms with Gasteiger partial charge in [-0.3, -0.25) is 9.59 Å². The summed E-state index contributed by atoms with van der Waals surface area (Å²) < 4.78 is 14.0. The standard InChI is InChI=1S/C20H24FN3O2/c1-13(25)23-10-5-9-20(2)17(23)8-4-11-24(20)19(26)16-12-14-6-3-7-15(21)18(14)22-16/h3,6-7,12,17,22H,4-5,8-11H2,1-2H3/t17-,20-/m0/s1.